The summed E-state index contributed by atoms with van der Waals surface area (Å²) >= 11 is 0. The SMILES string of the molecule is C.C.COCOC(C)=O. The zero-order chi connectivity index (χ0) is 5.70. The molecule has 0 aliphatic rings. The second-order valence-corrected chi connectivity index (χ2v) is 1.04. The van der Waals surface area contributed by atoms with E-state index in [0.717, 1.165) is 0 Å². The molecule has 0 aromatic carbocycles. The zero-order valence-electron chi connectivity index (χ0n) is 4.43. The molecule has 0 aliphatic heterocycles. The summed E-state index contributed by atoms with van der Waals surface area (Å²) in [5.74, 6) is -0.318. The van der Waals surface area contributed by atoms with Crippen LogP contribution in [0.15, 0.2) is 0 Å². The molecule has 0 unspecified atom stereocenters. The van der Waals surface area contributed by atoms with Crippen molar-refractivity contribution >= 4 is 5.97 Å². The maximum atomic E-state index is 9.90. The molecule has 9 heavy (non-hydrogen) atoms. The van der Waals surface area contributed by atoms with Crippen LogP contribution in [-0.4, -0.2) is 19.9 Å². The van der Waals surface area contributed by atoms with Gasteiger partial charge in [-0.1, -0.05) is 14.9 Å². The first-order chi connectivity index (χ1) is 3.27. The number of methoxy groups -OCH3 is 1. The van der Waals surface area contributed by atoms with Crippen LogP contribution in [0.4, 0.5) is 0 Å². The third-order valence-corrected chi connectivity index (χ3v) is 0.380. The van der Waals surface area contributed by atoms with E-state index in [1.807, 2.05) is 0 Å². The first-order valence-corrected chi connectivity index (χ1v) is 1.89. The van der Waals surface area contributed by atoms with Crippen LogP contribution in [-0.2, 0) is 14.3 Å². The van der Waals surface area contributed by atoms with Gasteiger partial charge in [-0.3, -0.25) is 4.79 Å². The Labute approximate surface area is 57.0 Å². The molecule has 0 aromatic rings. The molecular weight excluding hydrogens is 120 g/mol. The number of carbonyl (C=O) groups excluding carboxylic acids is 1. The maximum absolute atomic E-state index is 9.90. The van der Waals surface area contributed by atoms with Gasteiger partial charge >= 0.3 is 5.97 Å². The van der Waals surface area contributed by atoms with E-state index in [1.54, 1.807) is 0 Å². The normalized spacial score (nSPS) is 6.44. The summed E-state index contributed by atoms with van der Waals surface area (Å²) in [6.45, 7) is 1.38. The van der Waals surface area contributed by atoms with Gasteiger partial charge < -0.3 is 9.47 Å². The van der Waals surface area contributed by atoms with Crippen molar-refractivity contribution in [3.05, 3.63) is 0 Å². The van der Waals surface area contributed by atoms with Crippen LogP contribution in [0.1, 0.15) is 21.8 Å². The highest BCUT2D eigenvalue weighted by molar-refractivity contribution is 5.65. The van der Waals surface area contributed by atoms with E-state index in [0.29, 0.717) is 0 Å². The van der Waals surface area contributed by atoms with E-state index in [9.17, 15) is 4.79 Å². The quantitative estimate of drug-likeness (QED) is 0.425. The maximum Gasteiger partial charge on any atom is 0.304 e. The molecule has 0 aromatic heterocycles. The van der Waals surface area contributed by atoms with Gasteiger partial charge in [-0.25, -0.2) is 0 Å². The van der Waals surface area contributed by atoms with Crippen LogP contribution in [0, 0.1) is 0 Å². The van der Waals surface area contributed by atoms with Gasteiger partial charge in [0.15, 0.2) is 6.79 Å². The van der Waals surface area contributed by atoms with E-state index < -0.39 is 0 Å². The zero-order valence-corrected chi connectivity index (χ0v) is 4.43. The van der Waals surface area contributed by atoms with E-state index in [4.69, 9.17) is 0 Å². The molecule has 0 fully saturated rings. The highest BCUT2D eigenvalue weighted by Gasteiger charge is 1.85. The lowest BCUT2D eigenvalue weighted by atomic mass is 10.8. The molecule has 0 heterocycles. The Hall–Kier alpha value is -0.570. The van der Waals surface area contributed by atoms with Crippen molar-refractivity contribution in [1.29, 1.82) is 0 Å². The number of hydrogen-bond acceptors (Lipinski definition) is 3. The Morgan fingerprint density at radius 3 is 2.00 bits per heavy atom. The summed E-state index contributed by atoms with van der Waals surface area (Å²) in [7, 11) is 1.46. The van der Waals surface area contributed by atoms with Crippen LogP contribution in [0.25, 0.3) is 0 Å². The van der Waals surface area contributed by atoms with Gasteiger partial charge in [0, 0.05) is 14.0 Å². The topological polar surface area (TPSA) is 35.5 Å². The van der Waals surface area contributed by atoms with Gasteiger partial charge in [-0.05, 0) is 0 Å². The number of hydrogen-bond donors (Lipinski definition) is 0. The number of esters is 1. The summed E-state index contributed by atoms with van der Waals surface area (Å²) < 4.78 is 8.74. The predicted molar refractivity (Wildman–Crippen MR) is 37.1 cm³/mol. The van der Waals surface area contributed by atoms with Crippen molar-refractivity contribution in [2.75, 3.05) is 13.9 Å². The van der Waals surface area contributed by atoms with Gasteiger partial charge in [0.2, 0.25) is 0 Å². The first kappa shape index (κ1) is 15.8. The Bertz CT molecular complexity index is 61.3. The van der Waals surface area contributed by atoms with Crippen LogP contribution in [0.5, 0.6) is 0 Å². The van der Waals surface area contributed by atoms with Gasteiger partial charge in [-0.15, -0.1) is 0 Å². The van der Waals surface area contributed by atoms with Crippen molar-refractivity contribution in [2.24, 2.45) is 0 Å². The minimum absolute atomic E-state index is 0. The summed E-state index contributed by atoms with van der Waals surface area (Å²) in [6, 6.07) is 0. The third-order valence-electron chi connectivity index (χ3n) is 0.380. The average molecular weight is 136 g/mol. The second-order valence-electron chi connectivity index (χ2n) is 1.04. The minimum atomic E-state index is -0.318. The average Bonchev–Trinajstić information content (AvgIpc) is 1.61. The smallest absolute Gasteiger partial charge is 0.304 e. The summed E-state index contributed by atoms with van der Waals surface area (Å²) in [6.07, 6.45) is 0. The van der Waals surface area contributed by atoms with Crippen molar-refractivity contribution in [3.8, 4) is 0 Å². The Morgan fingerprint density at radius 1 is 1.44 bits per heavy atom. The molecule has 0 aliphatic carbocycles. The predicted octanol–water partition coefficient (Wildman–Crippen LogP) is 1.43. The fraction of sp³-hybridized carbons (Fsp3) is 0.833. The van der Waals surface area contributed by atoms with Crippen molar-refractivity contribution in [1.82, 2.24) is 0 Å². The van der Waals surface area contributed by atoms with Crippen LogP contribution < -0.4 is 0 Å². The highest BCUT2D eigenvalue weighted by atomic mass is 16.7. The largest absolute Gasteiger partial charge is 0.439 e. The molecule has 3 heteroatoms. The number of rotatable bonds is 2. The molecule has 58 valence electrons. The standard InChI is InChI=1S/C4H8O3.2CH4/c1-4(5)7-3-6-2;;/h3H2,1-2H3;2*1H4. The summed E-state index contributed by atoms with van der Waals surface area (Å²) in [4.78, 5) is 9.90. The first-order valence-electron chi connectivity index (χ1n) is 1.89. The van der Waals surface area contributed by atoms with Crippen molar-refractivity contribution in [2.45, 2.75) is 21.8 Å². The summed E-state index contributed by atoms with van der Waals surface area (Å²) in [5.41, 5.74) is 0. The van der Waals surface area contributed by atoms with E-state index in [2.05, 4.69) is 9.47 Å². The molecule has 0 spiro atoms. The molecule has 3 nitrogen and oxygen atoms in total. The lowest BCUT2D eigenvalue weighted by molar-refractivity contribution is -0.151. The van der Waals surface area contributed by atoms with E-state index >= 15 is 0 Å². The molecule has 0 radical (unpaired) electrons. The van der Waals surface area contributed by atoms with Crippen LogP contribution >= 0.6 is 0 Å². The summed E-state index contributed by atoms with van der Waals surface area (Å²) in [5, 5.41) is 0. The minimum Gasteiger partial charge on any atom is -0.439 e. The second kappa shape index (κ2) is 10.4. The van der Waals surface area contributed by atoms with Gasteiger partial charge in [0.05, 0.1) is 0 Å². The Kier molecular flexibility index (Phi) is 18.3. The Balaban J connectivity index is -0.000000180. The fourth-order valence-corrected chi connectivity index (χ4v) is 0.142. The lowest BCUT2D eigenvalue weighted by Crippen LogP contribution is -2.00. The molecule has 0 saturated carbocycles. The highest BCUT2D eigenvalue weighted by Crippen LogP contribution is 1.72. The third kappa shape index (κ3) is 18.6. The monoisotopic (exact) mass is 136 g/mol. The molecule has 0 atom stereocenters. The number of ether oxygens (including phenoxy) is 2. The number of carbonyl (C=O) groups is 1. The van der Waals surface area contributed by atoms with E-state index in [-0.39, 0.29) is 27.6 Å². The van der Waals surface area contributed by atoms with Crippen LogP contribution in [0.3, 0.4) is 0 Å². The Morgan fingerprint density at radius 2 is 1.89 bits per heavy atom. The molecule has 0 N–H and O–H groups in total. The van der Waals surface area contributed by atoms with Gasteiger partial charge in [0.25, 0.3) is 0 Å². The fourth-order valence-electron chi connectivity index (χ4n) is 0.142. The van der Waals surface area contributed by atoms with Crippen molar-refractivity contribution < 1.29 is 14.3 Å². The molecule has 0 amide bonds. The van der Waals surface area contributed by atoms with Gasteiger partial charge in [-0.2, -0.15) is 0 Å². The molecular formula is C6H16O3. The lowest BCUT2D eigenvalue weighted by Gasteiger charge is -1.95. The molecule has 0 bridgehead atoms. The van der Waals surface area contributed by atoms with Crippen LogP contribution in [0.2, 0.25) is 0 Å². The van der Waals surface area contributed by atoms with E-state index in [1.165, 1.54) is 14.0 Å². The molecule has 0 rings (SSSR count). The van der Waals surface area contributed by atoms with Crippen molar-refractivity contribution in [3.63, 3.8) is 0 Å². The van der Waals surface area contributed by atoms with Gasteiger partial charge in [0.1, 0.15) is 0 Å². The molecule has 0 saturated heterocycles.